The first kappa shape index (κ1) is 16.0. The van der Waals surface area contributed by atoms with E-state index in [0.29, 0.717) is 17.1 Å². The Labute approximate surface area is 142 Å². The van der Waals surface area contributed by atoms with Crippen molar-refractivity contribution in [1.82, 2.24) is 15.2 Å². The number of hydrogen-bond donors (Lipinski definition) is 1. The number of non-ortho nitro benzene ring substituents is 1. The van der Waals surface area contributed by atoms with E-state index in [-0.39, 0.29) is 11.7 Å². The molecule has 122 valence electrons. The molecule has 1 N–H and O–H groups in total. The van der Waals surface area contributed by atoms with Gasteiger partial charge in [0, 0.05) is 23.1 Å². The lowest BCUT2D eigenvalue weighted by molar-refractivity contribution is -0.384. The molecule has 0 aliphatic heterocycles. The van der Waals surface area contributed by atoms with E-state index in [4.69, 9.17) is 0 Å². The van der Waals surface area contributed by atoms with Crippen molar-refractivity contribution < 1.29 is 4.92 Å². The van der Waals surface area contributed by atoms with Crippen molar-refractivity contribution in [2.45, 2.75) is 19.9 Å². The molecule has 7 nitrogen and oxygen atoms in total. The molecular weight excluding hydrogens is 326 g/mol. The smallest absolute Gasteiger partial charge is 0.270 e. The number of benzene rings is 1. The zero-order chi connectivity index (χ0) is 17.1. The summed E-state index contributed by atoms with van der Waals surface area (Å²) in [6.07, 6.45) is 0. The van der Waals surface area contributed by atoms with Crippen LogP contribution in [0.15, 0.2) is 41.8 Å². The molecule has 0 bridgehead atoms. The highest BCUT2D eigenvalue weighted by molar-refractivity contribution is 7.09. The Hall–Kier alpha value is -2.87. The number of nitro benzene ring substituents is 1. The van der Waals surface area contributed by atoms with E-state index in [1.54, 1.807) is 35.6 Å². The van der Waals surface area contributed by atoms with Crippen LogP contribution in [-0.2, 0) is 0 Å². The second-order valence-electron chi connectivity index (χ2n) is 5.27. The summed E-state index contributed by atoms with van der Waals surface area (Å²) in [5.41, 5.74) is 2.24. The predicted molar refractivity (Wildman–Crippen MR) is 93.0 cm³/mol. The minimum atomic E-state index is -0.426. The lowest BCUT2D eigenvalue weighted by Crippen LogP contribution is -2.09. The van der Waals surface area contributed by atoms with Crippen LogP contribution in [0.1, 0.15) is 23.7 Å². The number of thiazole rings is 1. The second kappa shape index (κ2) is 6.71. The van der Waals surface area contributed by atoms with E-state index >= 15 is 0 Å². The van der Waals surface area contributed by atoms with E-state index in [9.17, 15) is 10.1 Å². The quantitative estimate of drug-likeness (QED) is 0.557. The maximum atomic E-state index is 10.9. The van der Waals surface area contributed by atoms with Crippen molar-refractivity contribution in [3.05, 3.63) is 62.6 Å². The number of aryl methyl sites for hydroxylation is 1. The standard InChI is InChI=1S/C16H15N5O2S/c1-10(15-9-24-11(2)18-15)17-16-7-6-14(19-20-16)12-4-3-5-13(8-12)21(22)23/h3-10H,1-2H3,(H,17,20). The molecule has 3 aromatic rings. The monoisotopic (exact) mass is 341 g/mol. The summed E-state index contributed by atoms with van der Waals surface area (Å²) in [7, 11) is 0. The molecule has 0 aliphatic carbocycles. The maximum Gasteiger partial charge on any atom is 0.270 e. The average Bonchev–Trinajstić information content (AvgIpc) is 3.02. The van der Waals surface area contributed by atoms with Gasteiger partial charge in [-0.05, 0) is 26.0 Å². The van der Waals surface area contributed by atoms with E-state index in [0.717, 1.165) is 10.7 Å². The molecule has 0 fully saturated rings. The highest BCUT2D eigenvalue weighted by atomic mass is 32.1. The van der Waals surface area contributed by atoms with Crippen LogP contribution in [0.5, 0.6) is 0 Å². The van der Waals surface area contributed by atoms with E-state index in [1.165, 1.54) is 12.1 Å². The molecule has 1 aromatic carbocycles. The van der Waals surface area contributed by atoms with Gasteiger partial charge in [0.1, 0.15) is 5.82 Å². The minimum Gasteiger partial charge on any atom is -0.360 e. The zero-order valence-electron chi connectivity index (χ0n) is 13.1. The molecule has 0 saturated heterocycles. The van der Waals surface area contributed by atoms with Crippen molar-refractivity contribution in [2.24, 2.45) is 0 Å². The van der Waals surface area contributed by atoms with Gasteiger partial charge in [0.05, 0.1) is 27.4 Å². The zero-order valence-corrected chi connectivity index (χ0v) is 13.9. The highest BCUT2D eigenvalue weighted by Crippen LogP contribution is 2.23. The summed E-state index contributed by atoms with van der Waals surface area (Å²) in [4.78, 5) is 14.9. The molecule has 1 unspecified atom stereocenters. The van der Waals surface area contributed by atoms with Crippen molar-refractivity contribution in [3.8, 4) is 11.3 Å². The molecule has 0 radical (unpaired) electrons. The Morgan fingerprint density at radius 3 is 2.71 bits per heavy atom. The molecular formula is C16H15N5O2S. The Balaban J connectivity index is 1.76. The minimum absolute atomic E-state index is 0.0212. The number of anilines is 1. The van der Waals surface area contributed by atoms with Crippen LogP contribution in [0.2, 0.25) is 0 Å². The van der Waals surface area contributed by atoms with Crippen LogP contribution >= 0.6 is 11.3 Å². The summed E-state index contributed by atoms with van der Waals surface area (Å²) >= 11 is 1.60. The lowest BCUT2D eigenvalue weighted by Gasteiger charge is -2.11. The summed E-state index contributed by atoms with van der Waals surface area (Å²) in [6.45, 7) is 3.97. The fourth-order valence-corrected chi connectivity index (χ4v) is 2.92. The third-order valence-corrected chi connectivity index (χ3v) is 4.25. The molecule has 2 heterocycles. The fraction of sp³-hybridized carbons (Fsp3) is 0.188. The molecule has 0 aliphatic rings. The van der Waals surface area contributed by atoms with Gasteiger partial charge in [0.2, 0.25) is 0 Å². The number of nitrogens with one attached hydrogen (secondary N) is 1. The third kappa shape index (κ3) is 3.54. The van der Waals surface area contributed by atoms with Crippen LogP contribution in [0.3, 0.4) is 0 Å². The van der Waals surface area contributed by atoms with E-state index in [2.05, 4.69) is 20.5 Å². The van der Waals surface area contributed by atoms with Gasteiger partial charge in [-0.15, -0.1) is 21.5 Å². The average molecular weight is 341 g/mol. The van der Waals surface area contributed by atoms with Crippen LogP contribution in [0.25, 0.3) is 11.3 Å². The Bertz CT molecular complexity index is 863. The molecule has 1 atom stereocenters. The SMILES string of the molecule is Cc1nc(C(C)Nc2ccc(-c3cccc([N+](=O)[O-])c3)nn2)cs1. The van der Waals surface area contributed by atoms with Gasteiger partial charge < -0.3 is 5.32 Å². The van der Waals surface area contributed by atoms with Gasteiger partial charge in [0.25, 0.3) is 5.69 Å². The number of hydrogen-bond acceptors (Lipinski definition) is 7. The van der Waals surface area contributed by atoms with Gasteiger partial charge >= 0.3 is 0 Å². The Morgan fingerprint density at radius 1 is 1.25 bits per heavy atom. The number of nitrogens with zero attached hydrogens (tertiary/aromatic N) is 4. The molecule has 2 aromatic heterocycles. The molecule has 0 saturated carbocycles. The molecule has 24 heavy (non-hydrogen) atoms. The van der Waals surface area contributed by atoms with Crippen LogP contribution in [0, 0.1) is 17.0 Å². The number of nitro groups is 1. The molecule has 3 rings (SSSR count). The van der Waals surface area contributed by atoms with Gasteiger partial charge in [-0.25, -0.2) is 4.98 Å². The molecule has 0 spiro atoms. The number of rotatable bonds is 5. The van der Waals surface area contributed by atoms with Crippen LogP contribution in [0.4, 0.5) is 11.5 Å². The first-order valence-corrected chi connectivity index (χ1v) is 8.18. The summed E-state index contributed by atoms with van der Waals surface area (Å²) in [6, 6.07) is 9.94. The first-order chi connectivity index (χ1) is 11.5. The largest absolute Gasteiger partial charge is 0.360 e. The third-order valence-electron chi connectivity index (χ3n) is 3.46. The Morgan fingerprint density at radius 2 is 2.08 bits per heavy atom. The fourth-order valence-electron chi connectivity index (χ4n) is 2.22. The summed E-state index contributed by atoms with van der Waals surface area (Å²) < 4.78 is 0. The Kier molecular flexibility index (Phi) is 4.48. The normalized spacial score (nSPS) is 11.9. The van der Waals surface area contributed by atoms with Crippen molar-refractivity contribution >= 4 is 22.8 Å². The van der Waals surface area contributed by atoms with E-state index in [1.807, 2.05) is 19.2 Å². The topological polar surface area (TPSA) is 93.8 Å². The predicted octanol–water partition coefficient (Wildman–Crippen LogP) is 3.99. The van der Waals surface area contributed by atoms with Gasteiger partial charge in [-0.2, -0.15) is 0 Å². The maximum absolute atomic E-state index is 10.9. The molecule has 0 amide bonds. The first-order valence-electron chi connectivity index (χ1n) is 7.30. The highest BCUT2D eigenvalue weighted by Gasteiger charge is 2.11. The van der Waals surface area contributed by atoms with Crippen molar-refractivity contribution in [1.29, 1.82) is 0 Å². The van der Waals surface area contributed by atoms with Gasteiger partial charge in [0.15, 0.2) is 0 Å². The molecule has 8 heteroatoms. The second-order valence-corrected chi connectivity index (χ2v) is 6.33. The van der Waals surface area contributed by atoms with Crippen LogP contribution < -0.4 is 5.32 Å². The van der Waals surface area contributed by atoms with Crippen molar-refractivity contribution in [3.63, 3.8) is 0 Å². The van der Waals surface area contributed by atoms with Crippen LogP contribution in [-0.4, -0.2) is 20.1 Å². The number of aromatic nitrogens is 3. The van der Waals surface area contributed by atoms with Gasteiger partial charge in [-0.1, -0.05) is 12.1 Å². The van der Waals surface area contributed by atoms with E-state index < -0.39 is 4.92 Å². The van der Waals surface area contributed by atoms with Gasteiger partial charge in [-0.3, -0.25) is 10.1 Å². The van der Waals surface area contributed by atoms with Crippen molar-refractivity contribution in [2.75, 3.05) is 5.32 Å². The lowest BCUT2D eigenvalue weighted by atomic mass is 10.1. The summed E-state index contributed by atoms with van der Waals surface area (Å²) in [5.74, 6) is 0.627. The summed E-state index contributed by atoms with van der Waals surface area (Å²) in [5, 5.41) is 25.4.